The van der Waals surface area contributed by atoms with Crippen molar-refractivity contribution in [3.63, 3.8) is 0 Å². The van der Waals surface area contributed by atoms with E-state index in [2.05, 4.69) is 10.2 Å². The van der Waals surface area contributed by atoms with Gasteiger partial charge in [-0.3, -0.25) is 9.69 Å². The molecule has 6 nitrogen and oxygen atoms in total. The van der Waals surface area contributed by atoms with Crippen LogP contribution in [-0.4, -0.2) is 55.3 Å². The number of hydrogen-bond acceptors (Lipinski definition) is 5. The zero-order valence-electron chi connectivity index (χ0n) is 16.5. The molecule has 1 aliphatic heterocycles. The number of likely N-dealkylation sites (tertiary alicyclic amines) is 1. The molecule has 2 aliphatic rings. The topological polar surface area (TPSA) is 71.0 Å². The molecule has 0 aromatic heterocycles. The normalized spacial score (nSPS) is 20.9. The fourth-order valence-electron chi connectivity index (χ4n) is 4.50. The van der Waals surface area contributed by atoms with E-state index in [0.29, 0.717) is 17.1 Å². The third-order valence-corrected chi connectivity index (χ3v) is 6.06. The van der Waals surface area contributed by atoms with Crippen LogP contribution >= 0.6 is 0 Å². The van der Waals surface area contributed by atoms with Gasteiger partial charge in [0, 0.05) is 6.54 Å². The fraction of sp³-hybridized carbons (Fsp3) is 0.667. The van der Waals surface area contributed by atoms with Gasteiger partial charge in [0.1, 0.15) is 5.54 Å². The molecule has 1 saturated carbocycles. The molecule has 1 atom stereocenters. The van der Waals surface area contributed by atoms with Crippen molar-refractivity contribution in [3.8, 4) is 11.5 Å². The van der Waals surface area contributed by atoms with Crippen molar-refractivity contribution in [3.05, 3.63) is 23.8 Å². The average molecular weight is 376 g/mol. The number of ether oxygens (including phenoxy) is 2. The summed E-state index contributed by atoms with van der Waals surface area (Å²) in [5.74, 6) is 1.26. The van der Waals surface area contributed by atoms with Crippen LogP contribution in [0.2, 0.25) is 0 Å². The van der Waals surface area contributed by atoms with E-state index in [-0.39, 0.29) is 18.0 Å². The van der Waals surface area contributed by atoms with Gasteiger partial charge in [0.2, 0.25) is 5.91 Å². The maximum absolute atomic E-state index is 13.2. The highest BCUT2D eigenvalue weighted by Crippen LogP contribution is 2.36. The highest BCUT2D eigenvalue weighted by atomic mass is 16.5. The average Bonchev–Trinajstić information content (AvgIpc) is 3.27. The summed E-state index contributed by atoms with van der Waals surface area (Å²) in [4.78, 5) is 15.5. The smallest absolute Gasteiger partial charge is 0.240 e. The minimum atomic E-state index is -0.784. The van der Waals surface area contributed by atoms with E-state index in [1.165, 1.54) is 19.3 Å². The van der Waals surface area contributed by atoms with E-state index in [9.17, 15) is 9.90 Å². The summed E-state index contributed by atoms with van der Waals surface area (Å²) in [6.07, 6.45) is 6.80. The Morgan fingerprint density at radius 3 is 2.41 bits per heavy atom. The summed E-state index contributed by atoms with van der Waals surface area (Å²) in [6.45, 7) is 2.21. The number of aliphatic hydroxyl groups is 1. The van der Waals surface area contributed by atoms with Crippen molar-refractivity contribution in [2.45, 2.75) is 56.6 Å². The van der Waals surface area contributed by atoms with Crippen molar-refractivity contribution < 1.29 is 19.4 Å². The SMILES string of the molecule is COc1ccc(C(O)CNC(=O)C2(N3CCCC3)CCCCC2)cc1OC. The molecule has 27 heavy (non-hydrogen) atoms. The summed E-state index contributed by atoms with van der Waals surface area (Å²) in [6, 6.07) is 5.33. The van der Waals surface area contributed by atoms with E-state index in [0.717, 1.165) is 38.8 Å². The standard InChI is InChI=1S/C21H32N2O4/c1-26-18-9-8-16(14-19(18)27-2)17(24)15-22-20(25)21(10-4-3-5-11-21)23-12-6-7-13-23/h8-9,14,17,24H,3-7,10-13,15H2,1-2H3,(H,22,25). The molecule has 1 aromatic rings. The molecule has 2 fully saturated rings. The molecule has 1 heterocycles. The number of aliphatic hydroxyl groups excluding tert-OH is 1. The van der Waals surface area contributed by atoms with Crippen LogP contribution in [0.5, 0.6) is 11.5 Å². The number of methoxy groups -OCH3 is 2. The Labute approximate surface area is 161 Å². The Balaban J connectivity index is 1.66. The van der Waals surface area contributed by atoms with Gasteiger partial charge in [-0.25, -0.2) is 0 Å². The highest BCUT2D eigenvalue weighted by molar-refractivity contribution is 5.86. The molecule has 0 bridgehead atoms. The van der Waals surface area contributed by atoms with Gasteiger partial charge in [-0.2, -0.15) is 0 Å². The third-order valence-electron chi connectivity index (χ3n) is 6.06. The molecule has 6 heteroatoms. The number of benzene rings is 1. The molecule has 1 aromatic carbocycles. The van der Waals surface area contributed by atoms with Gasteiger partial charge in [-0.1, -0.05) is 25.3 Å². The van der Waals surface area contributed by atoms with E-state index >= 15 is 0 Å². The van der Waals surface area contributed by atoms with Crippen molar-refractivity contribution >= 4 is 5.91 Å². The van der Waals surface area contributed by atoms with Crippen LogP contribution in [0.3, 0.4) is 0 Å². The molecule has 0 radical (unpaired) electrons. The largest absolute Gasteiger partial charge is 0.493 e. The van der Waals surface area contributed by atoms with E-state index in [1.54, 1.807) is 32.4 Å². The van der Waals surface area contributed by atoms with Gasteiger partial charge < -0.3 is 19.9 Å². The fourth-order valence-corrected chi connectivity index (χ4v) is 4.50. The maximum atomic E-state index is 13.2. The number of carbonyl (C=O) groups excluding carboxylic acids is 1. The van der Waals surface area contributed by atoms with Gasteiger partial charge in [0.05, 0.1) is 20.3 Å². The van der Waals surface area contributed by atoms with Crippen LogP contribution in [-0.2, 0) is 4.79 Å². The second-order valence-electron chi connectivity index (χ2n) is 7.63. The number of rotatable bonds is 7. The second-order valence-corrected chi connectivity index (χ2v) is 7.63. The Morgan fingerprint density at radius 2 is 1.78 bits per heavy atom. The number of hydrogen-bond donors (Lipinski definition) is 2. The lowest BCUT2D eigenvalue weighted by atomic mass is 9.79. The lowest BCUT2D eigenvalue weighted by Crippen LogP contribution is -2.59. The van der Waals surface area contributed by atoms with Crippen molar-refractivity contribution in [1.82, 2.24) is 10.2 Å². The predicted molar refractivity (Wildman–Crippen MR) is 104 cm³/mol. The molecule has 1 aliphatic carbocycles. The van der Waals surface area contributed by atoms with Crippen LogP contribution in [0.1, 0.15) is 56.6 Å². The third kappa shape index (κ3) is 4.22. The summed E-state index contributed by atoms with van der Waals surface area (Å²) in [5, 5.41) is 13.6. The van der Waals surface area contributed by atoms with Crippen LogP contribution < -0.4 is 14.8 Å². The quantitative estimate of drug-likeness (QED) is 0.766. The molecule has 1 amide bonds. The first-order valence-corrected chi connectivity index (χ1v) is 10.0. The molecular formula is C21H32N2O4. The highest BCUT2D eigenvalue weighted by Gasteiger charge is 2.45. The Morgan fingerprint density at radius 1 is 1.11 bits per heavy atom. The molecule has 2 N–H and O–H groups in total. The van der Waals surface area contributed by atoms with Crippen molar-refractivity contribution in [2.75, 3.05) is 33.9 Å². The first kappa shape index (κ1) is 20.0. The Hall–Kier alpha value is -1.79. The molecular weight excluding hydrogens is 344 g/mol. The number of carbonyl (C=O) groups is 1. The molecule has 1 unspecified atom stereocenters. The van der Waals surface area contributed by atoms with Crippen molar-refractivity contribution in [2.24, 2.45) is 0 Å². The van der Waals surface area contributed by atoms with Crippen LogP contribution in [0.25, 0.3) is 0 Å². The van der Waals surface area contributed by atoms with Gasteiger partial charge >= 0.3 is 0 Å². The van der Waals surface area contributed by atoms with E-state index in [4.69, 9.17) is 9.47 Å². The Kier molecular flexibility index (Phi) is 6.60. The van der Waals surface area contributed by atoms with Crippen molar-refractivity contribution in [1.29, 1.82) is 0 Å². The van der Waals surface area contributed by atoms with Gasteiger partial charge in [-0.05, 0) is 56.5 Å². The second kappa shape index (κ2) is 8.93. The molecule has 3 rings (SSSR count). The summed E-state index contributed by atoms with van der Waals surface area (Å²) in [5.41, 5.74) is 0.318. The molecule has 1 saturated heterocycles. The lowest BCUT2D eigenvalue weighted by Gasteiger charge is -2.43. The van der Waals surface area contributed by atoms with Crippen LogP contribution in [0.15, 0.2) is 18.2 Å². The first-order valence-electron chi connectivity index (χ1n) is 10.0. The minimum absolute atomic E-state index is 0.0728. The van der Waals surface area contributed by atoms with Gasteiger partial charge in [-0.15, -0.1) is 0 Å². The Bertz CT molecular complexity index is 637. The zero-order valence-corrected chi connectivity index (χ0v) is 16.5. The number of nitrogens with one attached hydrogen (secondary N) is 1. The monoisotopic (exact) mass is 376 g/mol. The van der Waals surface area contributed by atoms with E-state index < -0.39 is 6.10 Å². The lowest BCUT2D eigenvalue weighted by molar-refractivity contribution is -0.135. The minimum Gasteiger partial charge on any atom is -0.493 e. The maximum Gasteiger partial charge on any atom is 0.240 e. The molecule has 0 spiro atoms. The predicted octanol–water partition coefficient (Wildman–Crippen LogP) is 2.65. The summed E-state index contributed by atoms with van der Waals surface area (Å²) < 4.78 is 10.5. The van der Waals surface area contributed by atoms with Crippen LogP contribution in [0, 0.1) is 0 Å². The van der Waals surface area contributed by atoms with Crippen LogP contribution in [0.4, 0.5) is 0 Å². The number of amides is 1. The van der Waals surface area contributed by atoms with Gasteiger partial charge in [0.15, 0.2) is 11.5 Å². The van der Waals surface area contributed by atoms with E-state index in [1.807, 2.05) is 0 Å². The molecule has 150 valence electrons. The summed E-state index contributed by atoms with van der Waals surface area (Å²) >= 11 is 0. The zero-order chi connectivity index (χ0) is 19.3. The van der Waals surface area contributed by atoms with Gasteiger partial charge in [0.25, 0.3) is 0 Å². The summed E-state index contributed by atoms with van der Waals surface area (Å²) in [7, 11) is 3.15. The first-order chi connectivity index (χ1) is 13.1. The number of nitrogens with zero attached hydrogens (tertiary/aromatic N) is 1.